The smallest absolute Gasteiger partial charge is 0.255 e. The molecule has 3 aromatic carbocycles. The number of furan rings is 1. The van der Waals surface area contributed by atoms with Crippen LogP contribution in [0.4, 0.5) is 5.69 Å². The lowest BCUT2D eigenvalue weighted by molar-refractivity contribution is 0.0193. The quantitative estimate of drug-likeness (QED) is 0.314. The molecule has 1 aromatic heterocycles. The SMILES string of the molecule is CNC(=O)c1c(-c2ccc(Oc3ccc(C)cc3)cc2)oc2cc3c(cc12)C(C)OC(CS(C)(=O)=O)CN3S(C)(=O)=O. The van der Waals surface area contributed by atoms with E-state index in [0.29, 0.717) is 45.0 Å². The highest BCUT2D eigenvalue weighted by molar-refractivity contribution is 7.92. The molecule has 4 aromatic rings. The average molecular weight is 613 g/mol. The summed E-state index contributed by atoms with van der Waals surface area (Å²) in [4.78, 5) is 13.2. The van der Waals surface area contributed by atoms with Gasteiger partial charge in [-0.25, -0.2) is 16.8 Å². The van der Waals surface area contributed by atoms with Crippen molar-refractivity contribution < 1.29 is 35.5 Å². The van der Waals surface area contributed by atoms with E-state index in [2.05, 4.69) is 5.32 Å². The second-order valence-corrected chi connectivity index (χ2v) is 14.6. The van der Waals surface area contributed by atoms with Crippen LogP contribution < -0.4 is 14.4 Å². The number of benzene rings is 3. The van der Waals surface area contributed by atoms with E-state index in [-0.39, 0.29) is 23.8 Å². The van der Waals surface area contributed by atoms with Gasteiger partial charge in [0.15, 0.2) is 0 Å². The Bertz CT molecular complexity index is 1860. The maximum atomic E-state index is 13.2. The molecule has 1 aliphatic heterocycles. The van der Waals surface area contributed by atoms with Gasteiger partial charge >= 0.3 is 0 Å². The minimum Gasteiger partial charge on any atom is -0.457 e. The zero-order valence-corrected chi connectivity index (χ0v) is 25.5. The first-order valence-electron chi connectivity index (χ1n) is 13.2. The molecule has 1 N–H and O–H groups in total. The zero-order valence-electron chi connectivity index (χ0n) is 23.9. The van der Waals surface area contributed by atoms with Crippen molar-refractivity contribution >= 4 is 42.4 Å². The van der Waals surface area contributed by atoms with Crippen LogP contribution in [-0.4, -0.2) is 60.7 Å². The number of hydrogen-bond acceptors (Lipinski definition) is 8. The van der Waals surface area contributed by atoms with Crippen molar-refractivity contribution in [1.29, 1.82) is 0 Å². The topological polar surface area (TPSA) is 132 Å². The molecule has 42 heavy (non-hydrogen) atoms. The lowest BCUT2D eigenvalue weighted by Gasteiger charge is -2.24. The highest BCUT2D eigenvalue weighted by Crippen LogP contribution is 2.42. The molecule has 0 saturated heterocycles. The number of sulfonamides is 1. The van der Waals surface area contributed by atoms with E-state index in [1.165, 1.54) is 7.05 Å². The van der Waals surface area contributed by atoms with E-state index in [1.807, 2.05) is 31.2 Å². The van der Waals surface area contributed by atoms with Crippen LogP contribution in [0.3, 0.4) is 0 Å². The van der Waals surface area contributed by atoms with Gasteiger partial charge in [-0.2, -0.15) is 0 Å². The van der Waals surface area contributed by atoms with Crippen LogP contribution in [0.15, 0.2) is 65.1 Å². The third-order valence-corrected chi connectivity index (χ3v) is 9.15. The number of anilines is 1. The summed E-state index contributed by atoms with van der Waals surface area (Å²) in [5.74, 6) is 0.868. The van der Waals surface area contributed by atoms with Gasteiger partial charge in [0.1, 0.15) is 32.7 Å². The summed E-state index contributed by atoms with van der Waals surface area (Å²) in [6.07, 6.45) is 0.572. The Morgan fingerprint density at radius 2 is 1.62 bits per heavy atom. The van der Waals surface area contributed by atoms with Crippen LogP contribution >= 0.6 is 0 Å². The van der Waals surface area contributed by atoms with Gasteiger partial charge in [-0.05, 0) is 56.3 Å². The largest absolute Gasteiger partial charge is 0.457 e. The summed E-state index contributed by atoms with van der Waals surface area (Å²) < 4.78 is 69.2. The standard InChI is InChI=1S/C30H32N2O8S2/c1-18-6-10-21(11-7-18)39-22-12-8-20(9-13-22)29-28(30(33)31-3)25-14-24-19(2)38-23(17-41(4,34)35)16-32(42(5,36)37)26(24)15-27(25)40-29/h6-15,19,23H,16-17H2,1-5H3,(H,31,33). The Labute approximate surface area is 245 Å². The Hall–Kier alpha value is -3.87. The van der Waals surface area contributed by atoms with Crippen molar-refractivity contribution in [3.63, 3.8) is 0 Å². The van der Waals surface area contributed by atoms with Crippen LogP contribution in [-0.2, 0) is 24.6 Å². The summed E-state index contributed by atoms with van der Waals surface area (Å²) in [6.45, 7) is 3.53. The fourth-order valence-corrected chi connectivity index (χ4v) is 6.90. The molecule has 2 heterocycles. The summed E-state index contributed by atoms with van der Waals surface area (Å²) in [7, 11) is -5.77. The molecule has 222 valence electrons. The normalized spacial score (nSPS) is 17.5. The minimum absolute atomic E-state index is 0.187. The minimum atomic E-state index is -3.83. The summed E-state index contributed by atoms with van der Waals surface area (Å²) in [6, 6.07) is 18.0. The number of carbonyl (C=O) groups is 1. The number of amides is 1. The molecule has 0 bridgehead atoms. The van der Waals surface area contributed by atoms with E-state index >= 15 is 0 Å². The van der Waals surface area contributed by atoms with Crippen molar-refractivity contribution in [2.45, 2.75) is 26.1 Å². The number of nitrogens with one attached hydrogen (secondary N) is 1. The number of hydrogen-bond donors (Lipinski definition) is 1. The highest BCUT2D eigenvalue weighted by atomic mass is 32.2. The maximum Gasteiger partial charge on any atom is 0.255 e. The first kappa shape index (κ1) is 29.6. The van der Waals surface area contributed by atoms with Gasteiger partial charge in [-0.1, -0.05) is 17.7 Å². The first-order valence-corrected chi connectivity index (χ1v) is 17.1. The lowest BCUT2D eigenvalue weighted by atomic mass is 10.0. The second-order valence-electron chi connectivity index (χ2n) is 10.5. The summed E-state index contributed by atoms with van der Waals surface area (Å²) in [5, 5.41) is 3.13. The molecule has 12 heteroatoms. The molecule has 5 rings (SSSR count). The third-order valence-electron chi connectivity index (χ3n) is 7.03. The molecule has 10 nitrogen and oxygen atoms in total. The van der Waals surface area contributed by atoms with E-state index in [1.54, 1.807) is 43.3 Å². The monoisotopic (exact) mass is 612 g/mol. The van der Waals surface area contributed by atoms with Crippen LogP contribution in [0, 0.1) is 6.92 Å². The van der Waals surface area contributed by atoms with Gasteiger partial charge in [-0.15, -0.1) is 0 Å². The predicted molar refractivity (Wildman–Crippen MR) is 161 cm³/mol. The van der Waals surface area contributed by atoms with Gasteiger partial charge in [-0.3, -0.25) is 9.10 Å². The molecule has 2 unspecified atom stereocenters. The highest BCUT2D eigenvalue weighted by Gasteiger charge is 2.35. The van der Waals surface area contributed by atoms with Crippen molar-refractivity contribution in [3.05, 3.63) is 77.4 Å². The first-order chi connectivity index (χ1) is 19.7. The molecule has 0 saturated carbocycles. The second kappa shape index (κ2) is 11.1. The average Bonchev–Trinajstić information content (AvgIpc) is 3.22. The zero-order chi connectivity index (χ0) is 30.4. The molecule has 0 spiro atoms. The third kappa shape index (κ3) is 6.15. The maximum absolute atomic E-state index is 13.2. The Kier molecular flexibility index (Phi) is 7.82. The molecule has 2 atom stereocenters. The number of fused-ring (bicyclic) bond motifs is 2. The van der Waals surface area contributed by atoms with Gasteiger partial charge in [0, 0.05) is 35.9 Å². The molecular formula is C30H32N2O8S2. The Morgan fingerprint density at radius 1 is 1.00 bits per heavy atom. The summed E-state index contributed by atoms with van der Waals surface area (Å²) in [5.41, 5.74) is 3.11. The van der Waals surface area contributed by atoms with E-state index in [0.717, 1.165) is 22.4 Å². The fraction of sp³-hybridized carbons (Fsp3) is 0.300. The molecule has 1 amide bonds. The number of sulfone groups is 1. The number of ether oxygens (including phenoxy) is 2. The van der Waals surface area contributed by atoms with Crippen LogP contribution in [0.25, 0.3) is 22.3 Å². The number of aryl methyl sites for hydroxylation is 1. The van der Waals surface area contributed by atoms with Crippen molar-refractivity contribution in [3.8, 4) is 22.8 Å². The van der Waals surface area contributed by atoms with Gasteiger partial charge in [0.05, 0.1) is 42.0 Å². The summed E-state index contributed by atoms with van der Waals surface area (Å²) >= 11 is 0. The van der Waals surface area contributed by atoms with Crippen molar-refractivity contribution in [2.24, 2.45) is 0 Å². The molecule has 0 fully saturated rings. The van der Waals surface area contributed by atoms with E-state index in [9.17, 15) is 21.6 Å². The number of nitrogens with zero attached hydrogens (tertiary/aromatic N) is 1. The van der Waals surface area contributed by atoms with Crippen LogP contribution in [0.1, 0.15) is 34.5 Å². The van der Waals surface area contributed by atoms with Gasteiger partial charge in [0.2, 0.25) is 10.0 Å². The number of rotatable bonds is 7. The fourth-order valence-electron chi connectivity index (χ4n) is 5.09. The number of carbonyl (C=O) groups excluding carboxylic acids is 1. The molecular weight excluding hydrogens is 580 g/mol. The van der Waals surface area contributed by atoms with E-state index in [4.69, 9.17) is 13.9 Å². The van der Waals surface area contributed by atoms with Gasteiger partial charge < -0.3 is 19.2 Å². The Morgan fingerprint density at radius 3 is 2.19 bits per heavy atom. The lowest BCUT2D eigenvalue weighted by Crippen LogP contribution is -2.39. The van der Waals surface area contributed by atoms with E-state index < -0.39 is 32.1 Å². The predicted octanol–water partition coefficient (Wildman–Crippen LogP) is 4.83. The van der Waals surface area contributed by atoms with Crippen LogP contribution in [0.5, 0.6) is 11.5 Å². The van der Waals surface area contributed by atoms with Crippen LogP contribution in [0.2, 0.25) is 0 Å². The Balaban J connectivity index is 1.60. The molecule has 0 radical (unpaired) electrons. The van der Waals surface area contributed by atoms with Gasteiger partial charge in [0.25, 0.3) is 5.91 Å². The molecule has 1 aliphatic rings. The van der Waals surface area contributed by atoms with Crippen molar-refractivity contribution in [2.75, 3.05) is 36.2 Å². The molecule has 0 aliphatic carbocycles. The van der Waals surface area contributed by atoms with Crippen molar-refractivity contribution in [1.82, 2.24) is 5.32 Å².